The molecule has 0 atom stereocenters. The lowest BCUT2D eigenvalue weighted by atomic mass is 10.2. The summed E-state index contributed by atoms with van der Waals surface area (Å²) in [5.41, 5.74) is 2.86. The van der Waals surface area contributed by atoms with E-state index in [-0.39, 0.29) is 17.5 Å². The van der Waals surface area contributed by atoms with Crippen LogP contribution >= 0.6 is 0 Å². The van der Waals surface area contributed by atoms with Crippen LogP contribution in [0.5, 0.6) is 5.75 Å². The molecule has 8 heteroatoms. The zero-order valence-electron chi connectivity index (χ0n) is 16.3. The number of carbonyl (C=O) groups excluding carboxylic acids is 2. The molecule has 0 aliphatic heterocycles. The Hall–Kier alpha value is -3.94. The Morgan fingerprint density at radius 3 is 2.24 bits per heavy atom. The average molecular weight is 391 g/mol. The molecule has 3 N–H and O–H groups in total. The van der Waals surface area contributed by atoms with Gasteiger partial charge in [0.25, 0.3) is 5.91 Å². The van der Waals surface area contributed by atoms with Crippen molar-refractivity contribution in [2.24, 2.45) is 0 Å². The van der Waals surface area contributed by atoms with Crippen LogP contribution in [-0.4, -0.2) is 28.9 Å². The number of aromatic nitrogens is 2. The number of amides is 2. The summed E-state index contributed by atoms with van der Waals surface area (Å²) >= 11 is 0. The average Bonchev–Trinajstić information content (AvgIpc) is 2.68. The van der Waals surface area contributed by atoms with E-state index in [4.69, 9.17) is 4.74 Å². The molecule has 0 bridgehead atoms. The highest BCUT2D eigenvalue weighted by molar-refractivity contribution is 6.03. The SMILES string of the molecule is COc1cccc(Nc2nc(C)cc(C(=O)Nc3ccc(NC(C)=O)cc3)n2)c1. The number of methoxy groups -OCH3 is 1. The van der Waals surface area contributed by atoms with Gasteiger partial charge in [0.05, 0.1) is 7.11 Å². The van der Waals surface area contributed by atoms with Gasteiger partial charge in [0.2, 0.25) is 11.9 Å². The number of nitrogens with one attached hydrogen (secondary N) is 3. The van der Waals surface area contributed by atoms with Crippen LogP contribution in [0.15, 0.2) is 54.6 Å². The van der Waals surface area contributed by atoms with Gasteiger partial charge in [-0.15, -0.1) is 0 Å². The molecule has 2 amide bonds. The Morgan fingerprint density at radius 1 is 0.897 bits per heavy atom. The van der Waals surface area contributed by atoms with Crippen molar-refractivity contribution >= 4 is 34.8 Å². The van der Waals surface area contributed by atoms with Crippen LogP contribution in [0.1, 0.15) is 23.1 Å². The van der Waals surface area contributed by atoms with E-state index in [2.05, 4.69) is 25.9 Å². The van der Waals surface area contributed by atoms with Gasteiger partial charge in [0, 0.05) is 35.7 Å². The number of aryl methyl sites for hydroxylation is 1. The molecular formula is C21H21N5O3. The molecule has 0 saturated carbocycles. The van der Waals surface area contributed by atoms with Gasteiger partial charge in [0.1, 0.15) is 11.4 Å². The summed E-state index contributed by atoms with van der Waals surface area (Å²) in [7, 11) is 1.59. The van der Waals surface area contributed by atoms with E-state index in [1.807, 2.05) is 24.3 Å². The van der Waals surface area contributed by atoms with Crippen molar-refractivity contribution in [3.05, 3.63) is 66.0 Å². The number of rotatable bonds is 6. The summed E-state index contributed by atoms with van der Waals surface area (Å²) in [4.78, 5) is 32.3. The van der Waals surface area contributed by atoms with E-state index in [9.17, 15) is 9.59 Å². The first kappa shape index (κ1) is 19.8. The number of hydrogen-bond donors (Lipinski definition) is 3. The topological polar surface area (TPSA) is 105 Å². The fourth-order valence-corrected chi connectivity index (χ4v) is 2.61. The zero-order valence-corrected chi connectivity index (χ0v) is 16.3. The lowest BCUT2D eigenvalue weighted by Crippen LogP contribution is -2.15. The quantitative estimate of drug-likeness (QED) is 0.591. The number of ether oxygens (including phenoxy) is 1. The summed E-state index contributed by atoms with van der Waals surface area (Å²) in [5.74, 6) is 0.485. The first-order chi connectivity index (χ1) is 13.9. The molecule has 0 aliphatic carbocycles. The van der Waals surface area contributed by atoms with Crippen molar-refractivity contribution in [2.75, 3.05) is 23.1 Å². The summed E-state index contributed by atoms with van der Waals surface area (Å²) in [6.45, 7) is 3.22. The van der Waals surface area contributed by atoms with Crippen molar-refractivity contribution < 1.29 is 14.3 Å². The molecule has 0 saturated heterocycles. The monoisotopic (exact) mass is 391 g/mol. The van der Waals surface area contributed by atoms with Crippen molar-refractivity contribution in [2.45, 2.75) is 13.8 Å². The second kappa shape index (κ2) is 8.83. The lowest BCUT2D eigenvalue weighted by Gasteiger charge is -2.10. The highest BCUT2D eigenvalue weighted by Crippen LogP contribution is 2.20. The van der Waals surface area contributed by atoms with E-state index in [0.717, 1.165) is 5.69 Å². The number of nitrogens with zero attached hydrogens (tertiary/aromatic N) is 2. The molecule has 3 rings (SSSR count). The van der Waals surface area contributed by atoms with Gasteiger partial charge >= 0.3 is 0 Å². The molecule has 8 nitrogen and oxygen atoms in total. The molecule has 0 fully saturated rings. The van der Waals surface area contributed by atoms with Gasteiger partial charge in [0.15, 0.2) is 0 Å². The summed E-state index contributed by atoms with van der Waals surface area (Å²) < 4.78 is 5.21. The molecule has 0 radical (unpaired) electrons. The van der Waals surface area contributed by atoms with Crippen molar-refractivity contribution in [1.82, 2.24) is 9.97 Å². The zero-order chi connectivity index (χ0) is 20.8. The molecule has 3 aromatic rings. The summed E-state index contributed by atoms with van der Waals surface area (Å²) in [6, 6.07) is 15.8. The molecule has 29 heavy (non-hydrogen) atoms. The van der Waals surface area contributed by atoms with E-state index < -0.39 is 0 Å². The minimum absolute atomic E-state index is 0.158. The first-order valence-corrected chi connectivity index (χ1v) is 8.89. The Labute approximate surface area is 168 Å². The van der Waals surface area contributed by atoms with Gasteiger partial charge in [-0.2, -0.15) is 0 Å². The molecular weight excluding hydrogens is 370 g/mol. The van der Waals surface area contributed by atoms with Gasteiger partial charge in [-0.05, 0) is 49.4 Å². The molecule has 0 aliphatic rings. The van der Waals surface area contributed by atoms with Crippen LogP contribution in [0.25, 0.3) is 0 Å². The summed E-state index contributed by atoms with van der Waals surface area (Å²) in [6.07, 6.45) is 0. The van der Waals surface area contributed by atoms with Crippen LogP contribution < -0.4 is 20.7 Å². The van der Waals surface area contributed by atoms with Crippen molar-refractivity contribution in [1.29, 1.82) is 0 Å². The van der Waals surface area contributed by atoms with Crippen molar-refractivity contribution in [3.63, 3.8) is 0 Å². The Kier molecular flexibility index (Phi) is 6.03. The van der Waals surface area contributed by atoms with E-state index in [1.54, 1.807) is 44.4 Å². The lowest BCUT2D eigenvalue weighted by molar-refractivity contribution is -0.114. The highest BCUT2D eigenvalue weighted by atomic mass is 16.5. The van der Waals surface area contributed by atoms with Gasteiger partial charge < -0.3 is 20.7 Å². The van der Waals surface area contributed by atoms with Crippen LogP contribution in [0, 0.1) is 6.92 Å². The fraction of sp³-hybridized carbons (Fsp3) is 0.143. The fourth-order valence-electron chi connectivity index (χ4n) is 2.61. The summed E-state index contributed by atoms with van der Waals surface area (Å²) in [5, 5.41) is 8.54. The maximum atomic E-state index is 12.6. The third kappa shape index (κ3) is 5.52. The maximum absolute atomic E-state index is 12.6. The Morgan fingerprint density at radius 2 is 1.59 bits per heavy atom. The van der Waals surface area contributed by atoms with Crippen LogP contribution in [0.2, 0.25) is 0 Å². The van der Waals surface area contributed by atoms with Crippen LogP contribution in [0.4, 0.5) is 23.0 Å². The third-order valence-electron chi connectivity index (χ3n) is 3.88. The molecule has 0 spiro atoms. The number of carbonyl (C=O) groups is 2. The van der Waals surface area contributed by atoms with Crippen LogP contribution in [0.3, 0.4) is 0 Å². The normalized spacial score (nSPS) is 10.2. The van der Waals surface area contributed by atoms with Crippen molar-refractivity contribution in [3.8, 4) is 5.75 Å². The largest absolute Gasteiger partial charge is 0.497 e. The van der Waals surface area contributed by atoms with E-state index in [0.29, 0.717) is 28.8 Å². The molecule has 148 valence electrons. The minimum atomic E-state index is -0.364. The second-order valence-electron chi connectivity index (χ2n) is 6.29. The smallest absolute Gasteiger partial charge is 0.274 e. The third-order valence-corrected chi connectivity index (χ3v) is 3.88. The molecule has 0 unspecified atom stereocenters. The molecule has 1 heterocycles. The number of hydrogen-bond acceptors (Lipinski definition) is 6. The predicted octanol–water partition coefficient (Wildman–Crippen LogP) is 3.75. The molecule has 1 aromatic heterocycles. The Bertz CT molecular complexity index is 1030. The molecule has 2 aromatic carbocycles. The number of anilines is 4. The predicted molar refractivity (Wildman–Crippen MR) is 112 cm³/mol. The van der Waals surface area contributed by atoms with Gasteiger partial charge in [-0.1, -0.05) is 6.07 Å². The van der Waals surface area contributed by atoms with Gasteiger partial charge in [-0.25, -0.2) is 9.97 Å². The second-order valence-corrected chi connectivity index (χ2v) is 6.29. The standard InChI is InChI=1S/C21H21N5O3/c1-13-11-19(20(28)24-16-9-7-15(8-10-16)23-14(2)27)26-21(22-13)25-17-5-4-6-18(12-17)29-3/h4-12H,1-3H3,(H,23,27)(H,24,28)(H,22,25,26). The maximum Gasteiger partial charge on any atom is 0.274 e. The number of benzene rings is 2. The van der Waals surface area contributed by atoms with E-state index >= 15 is 0 Å². The Balaban J connectivity index is 1.74. The van der Waals surface area contributed by atoms with Gasteiger partial charge in [-0.3, -0.25) is 9.59 Å². The van der Waals surface area contributed by atoms with E-state index in [1.165, 1.54) is 6.92 Å². The van der Waals surface area contributed by atoms with Crippen LogP contribution in [-0.2, 0) is 4.79 Å². The highest BCUT2D eigenvalue weighted by Gasteiger charge is 2.12. The minimum Gasteiger partial charge on any atom is -0.497 e. The first-order valence-electron chi connectivity index (χ1n) is 8.89.